The summed E-state index contributed by atoms with van der Waals surface area (Å²) in [6.45, 7) is 3.30. The molecule has 0 aliphatic rings. The third-order valence-corrected chi connectivity index (χ3v) is 8.13. The first kappa shape index (κ1) is 29.8. The summed E-state index contributed by atoms with van der Waals surface area (Å²) in [5.41, 5.74) is 1.89. The second kappa shape index (κ2) is 11.4. The van der Waals surface area contributed by atoms with Crippen LogP contribution < -0.4 is 5.32 Å². The molecule has 0 heterocycles. The second-order valence-corrected chi connectivity index (χ2v) is 11.2. The van der Waals surface area contributed by atoms with Crippen LogP contribution in [0.4, 0.5) is 5.69 Å². The Hall–Kier alpha value is -6.22. The molecule has 0 fully saturated rings. The third kappa shape index (κ3) is 4.93. The Labute approximate surface area is 262 Å². The van der Waals surface area contributed by atoms with Crippen LogP contribution in [0.1, 0.15) is 37.4 Å². The number of Topliss-reactive ketones (excluding diaryl/α,β-unsaturated/α-hetero) is 1. The van der Waals surface area contributed by atoms with Gasteiger partial charge in [-0.25, -0.2) is 0 Å². The Bertz CT molecular complexity index is 2050. The van der Waals surface area contributed by atoms with Crippen LogP contribution in [0.15, 0.2) is 84.9 Å². The maximum absolute atomic E-state index is 13.4. The summed E-state index contributed by atoms with van der Waals surface area (Å²) >= 11 is 0. The van der Waals surface area contributed by atoms with Gasteiger partial charge in [-0.05, 0) is 66.9 Å². The summed E-state index contributed by atoms with van der Waals surface area (Å²) in [5.74, 6) is -4.48. The number of amides is 1. The van der Waals surface area contributed by atoms with Crippen molar-refractivity contribution in [3.8, 4) is 45.6 Å². The lowest BCUT2D eigenvalue weighted by Gasteiger charge is -2.20. The van der Waals surface area contributed by atoms with E-state index in [4.69, 9.17) is 0 Å². The number of para-hydroxylation sites is 1. The largest absolute Gasteiger partial charge is 0.507 e. The normalized spacial score (nSPS) is 11.2. The lowest BCUT2D eigenvalue weighted by atomic mass is 9.86. The van der Waals surface area contributed by atoms with Crippen LogP contribution in [0, 0.1) is 13.8 Å². The highest BCUT2D eigenvalue weighted by Crippen LogP contribution is 2.51. The van der Waals surface area contributed by atoms with Crippen LogP contribution in [0.3, 0.4) is 0 Å². The molecule has 0 unspecified atom stereocenters. The number of aryl methyl sites for hydroxylation is 2. The number of phenols is 6. The van der Waals surface area contributed by atoms with Gasteiger partial charge in [0.25, 0.3) is 5.91 Å². The molecule has 1 amide bonds. The number of ketones is 1. The number of fused-ring (bicyclic) bond motifs is 2. The third-order valence-electron chi connectivity index (χ3n) is 8.13. The molecule has 0 bridgehead atoms. The molecule has 0 saturated carbocycles. The van der Waals surface area contributed by atoms with Crippen molar-refractivity contribution < 1.29 is 40.2 Å². The number of nitrogens with one attached hydrogen (secondary N) is 1. The van der Waals surface area contributed by atoms with Gasteiger partial charge in [0.1, 0.15) is 11.5 Å². The van der Waals surface area contributed by atoms with Crippen LogP contribution >= 0.6 is 0 Å². The number of benzene rings is 6. The highest BCUT2D eigenvalue weighted by atomic mass is 16.3. The predicted molar refractivity (Wildman–Crippen MR) is 175 cm³/mol. The van der Waals surface area contributed by atoms with Gasteiger partial charge in [-0.15, -0.1) is 0 Å². The zero-order valence-electron chi connectivity index (χ0n) is 24.8. The van der Waals surface area contributed by atoms with Gasteiger partial charge in [-0.3, -0.25) is 9.59 Å². The molecule has 0 aromatic heterocycles. The van der Waals surface area contributed by atoms with E-state index in [1.807, 2.05) is 6.07 Å². The molecule has 6 aromatic carbocycles. The van der Waals surface area contributed by atoms with Crippen LogP contribution in [0.5, 0.6) is 34.5 Å². The smallest absolute Gasteiger partial charge is 0.260 e. The average molecular weight is 616 g/mol. The van der Waals surface area contributed by atoms with E-state index in [9.17, 15) is 40.2 Å². The highest BCUT2D eigenvalue weighted by Gasteiger charge is 2.28. The summed E-state index contributed by atoms with van der Waals surface area (Å²) in [5, 5.41) is 69.1. The van der Waals surface area contributed by atoms with E-state index in [1.165, 1.54) is 0 Å². The summed E-state index contributed by atoms with van der Waals surface area (Å²) in [7, 11) is 0. The van der Waals surface area contributed by atoms with Crippen molar-refractivity contribution in [3.05, 3.63) is 113 Å². The lowest BCUT2D eigenvalue weighted by Crippen LogP contribution is -2.13. The fourth-order valence-electron chi connectivity index (χ4n) is 5.99. The first-order chi connectivity index (χ1) is 22.0. The van der Waals surface area contributed by atoms with E-state index in [1.54, 1.807) is 80.6 Å². The first-order valence-electron chi connectivity index (χ1n) is 14.3. The maximum Gasteiger partial charge on any atom is 0.260 e. The van der Waals surface area contributed by atoms with E-state index >= 15 is 0 Å². The van der Waals surface area contributed by atoms with Crippen molar-refractivity contribution in [1.82, 2.24) is 0 Å². The minimum atomic E-state index is -0.719. The number of rotatable bonds is 6. The number of phenolic OH excluding ortho intramolecular Hbond substituents is 6. The summed E-state index contributed by atoms with van der Waals surface area (Å²) < 4.78 is 0. The van der Waals surface area contributed by atoms with Crippen molar-refractivity contribution in [2.75, 3.05) is 5.32 Å². The number of aromatic hydroxyl groups is 6. The fourth-order valence-corrected chi connectivity index (χ4v) is 5.99. The van der Waals surface area contributed by atoms with Crippen LogP contribution in [-0.2, 0) is 6.42 Å². The van der Waals surface area contributed by atoms with Crippen molar-refractivity contribution >= 4 is 38.9 Å². The quantitative estimate of drug-likeness (QED) is 0.0763. The molecular weight excluding hydrogens is 586 g/mol. The summed E-state index contributed by atoms with van der Waals surface area (Å²) in [6, 6.07) is 22.8. The van der Waals surface area contributed by atoms with Gasteiger partial charge in [-0.2, -0.15) is 0 Å². The van der Waals surface area contributed by atoms with Gasteiger partial charge in [-0.1, -0.05) is 48.5 Å². The summed E-state index contributed by atoms with van der Waals surface area (Å²) in [4.78, 5) is 26.7. The standard InChI is InChI=1S/C37H29NO8/c1-18-13-22-24(16-27(40)35(44)31(22)26(39)15-20-9-5-3-6-10-20)33(42)29(18)30-19(2)14-23-25(34(30)43)17-28(41)36(45)32(23)37(46)38-21-11-7-4-8-12-21/h3-14,16-17,40-45H,15H2,1-2H3,(H,38,46). The molecule has 7 N–H and O–H groups in total. The van der Waals surface area contributed by atoms with Gasteiger partial charge in [0.2, 0.25) is 0 Å². The number of hydrogen-bond acceptors (Lipinski definition) is 8. The van der Waals surface area contributed by atoms with E-state index in [-0.39, 0.29) is 61.7 Å². The monoisotopic (exact) mass is 615 g/mol. The van der Waals surface area contributed by atoms with Crippen molar-refractivity contribution in [2.24, 2.45) is 0 Å². The van der Waals surface area contributed by atoms with Gasteiger partial charge < -0.3 is 36.0 Å². The Morgan fingerprint density at radius 1 is 0.565 bits per heavy atom. The van der Waals surface area contributed by atoms with Gasteiger partial charge in [0.15, 0.2) is 28.8 Å². The molecule has 9 heteroatoms. The van der Waals surface area contributed by atoms with E-state index in [0.29, 0.717) is 22.4 Å². The first-order valence-corrected chi connectivity index (χ1v) is 14.3. The minimum Gasteiger partial charge on any atom is -0.507 e. The SMILES string of the molecule is Cc1cc2c(C(=O)Cc3ccccc3)c(O)c(O)cc2c(O)c1-c1c(C)cc2c(C(=O)Nc3ccccc3)c(O)c(O)cc2c1O. The maximum atomic E-state index is 13.4. The molecule has 0 aliphatic heterocycles. The number of hydrogen-bond donors (Lipinski definition) is 7. The van der Waals surface area contributed by atoms with Crippen molar-refractivity contribution in [3.63, 3.8) is 0 Å². The molecular formula is C37H29NO8. The number of carbonyl (C=O) groups is 2. The fraction of sp³-hybridized carbons (Fsp3) is 0.0811. The molecule has 230 valence electrons. The minimum absolute atomic E-state index is 0.0280. The van der Waals surface area contributed by atoms with Crippen LogP contribution in [0.2, 0.25) is 0 Å². The Morgan fingerprint density at radius 3 is 1.54 bits per heavy atom. The second-order valence-electron chi connectivity index (χ2n) is 11.2. The van der Waals surface area contributed by atoms with Gasteiger partial charge in [0, 0.05) is 44.8 Å². The molecule has 0 saturated heterocycles. The zero-order chi connectivity index (χ0) is 32.9. The Kier molecular flexibility index (Phi) is 7.37. The average Bonchev–Trinajstić information content (AvgIpc) is 3.02. The number of anilines is 1. The molecule has 9 nitrogen and oxygen atoms in total. The molecule has 0 atom stereocenters. The molecule has 6 aromatic rings. The predicted octanol–water partition coefficient (Wildman–Crippen LogP) is 7.19. The van der Waals surface area contributed by atoms with Crippen LogP contribution in [0.25, 0.3) is 32.7 Å². The van der Waals surface area contributed by atoms with E-state index in [2.05, 4.69) is 5.32 Å². The topological polar surface area (TPSA) is 168 Å². The lowest BCUT2D eigenvalue weighted by molar-refractivity contribution is 0.0989. The van der Waals surface area contributed by atoms with Crippen LogP contribution in [-0.4, -0.2) is 42.3 Å². The van der Waals surface area contributed by atoms with E-state index in [0.717, 1.165) is 12.1 Å². The molecule has 46 heavy (non-hydrogen) atoms. The number of carbonyl (C=O) groups excluding carboxylic acids is 2. The molecule has 6 rings (SSSR count). The highest BCUT2D eigenvalue weighted by molar-refractivity contribution is 6.18. The molecule has 0 aliphatic carbocycles. The van der Waals surface area contributed by atoms with Gasteiger partial charge >= 0.3 is 0 Å². The Balaban J connectivity index is 1.54. The van der Waals surface area contributed by atoms with Gasteiger partial charge in [0.05, 0.1) is 11.1 Å². The zero-order valence-corrected chi connectivity index (χ0v) is 24.8. The van der Waals surface area contributed by atoms with Crippen molar-refractivity contribution in [1.29, 1.82) is 0 Å². The summed E-state index contributed by atoms with van der Waals surface area (Å²) in [6.07, 6.45) is -0.0599. The molecule has 0 spiro atoms. The van der Waals surface area contributed by atoms with E-state index < -0.39 is 34.7 Å². The molecule has 0 radical (unpaired) electrons. The Morgan fingerprint density at radius 2 is 1.02 bits per heavy atom. The van der Waals surface area contributed by atoms with Crippen molar-refractivity contribution in [2.45, 2.75) is 20.3 Å².